The minimum absolute atomic E-state index is 0.0270. The number of carbonyl (C=O) groups is 2. The van der Waals surface area contributed by atoms with E-state index in [0.29, 0.717) is 18.9 Å². The Labute approximate surface area is 108 Å². The van der Waals surface area contributed by atoms with E-state index in [1.54, 1.807) is 11.8 Å². The summed E-state index contributed by atoms with van der Waals surface area (Å²) < 4.78 is 0. The van der Waals surface area contributed by atoms with E-state index in [1.165, 1.54) is 0 Å². The SMILES string of the molecule is CC#CCN1C(=O)C(C)(C2CC2)NC(=O)C1CC. The number of nitrogens with one attached hydrogen (secondary N) is 1. The largest absolute Gasteiger partial charge is 0.340 e. The molecule has 2 amide bonds. The zero-order valence-corrected chi connectivity index (χ0v) is 11.2. The molecule has 2 fully saturated rings. The van der Waals surface area contributed by atoms with Gasteiger partial charge >= 0.3 is 0 Å². The molecule has 2 aliphatic rings. The number of hydrogen-bond acceptors (Lipinski definition) is 2. The van der Waals surface area contributed by atoms with Crippen molar-refractivity contribution in [3.05, 3.63) is 0 Å². The van der Waals surface area contributed by atoms with Crippen molar-refractivity contribution in [3.8, 4) is 11.8 Å². The van der Waals surface area contributed by atoms with Crippen molar-refractivity contribution in [3.63, 3.8) is 0 Å². The second-order valence-corrected chi connectivity index (χ2v) is 5.25. The number of piperazine rings is 1. The van der Waals surface area contributed by atoms with Crippen molar-refractivity contribution in [2.24, 2.45) is 5.92 Å². The fraction of sp³-hybridized carbons (Fsp3) is 0.714. The predicted octanol–water partition coefficient (Wildman–Crippen LogP) is 0.915. The van der Waals surface area contributed by atoms with Crippen LogP contribution in [0.5, 0.6) is 0 Å². The van der Waals surface area contributed by atoms with Crippen LogP contribution in [0, 0.1) is 17.8 Å². The van der Waals surface area contributed by atoms with Crippen LogP contribution in [0.2, 0.25) is 0 Å². The van der Waals surface area contributed by atoms with Crippen LogP contribution < -0.4 is 5.32 Å². The van der Waals surface area contributed by atoms with Gasteiger partial charge in [-0.2, -0.15) is 0 Å². The monoisotopic (exact) mass is 248 g/mol. The number of nitrogens with zero attached hydrogens (tertiary/aromatic N) is 1. The van der Waals surface area contributed by atoms with E-state index >= 15 is 0 Å². The van der Waals surface area contributed by atoms with Gasteiger partial charge in [0.15, 0.2) is 0 Å². The Kier molecular flexibility index (Phi) is 3.34. The van der Waals surface area contributed by atoms with Gasteiger partial charge in [-0.25, -0.2) is 0 Å². The Bertz CT molecular complexity index is 431. The third kappa shape index (κ3) is 1.98. The Hall–Kier alpha value is -1.50. The standard InChI is InChI=1S/C14H20N2O2/c1-4-6-9-16-11(5-2)12(17)15-14(3,13(16)18)10-7-8-10/h10-11H,5,7-9H2,1-3H3,(H,15,17). The average molecular weight is 248 g/mol. The summed E-state index contributed by atoms with van der Waals surface area (Å²) in [6, 6.07) is -0.370. The van der Waals surface area contributed by atoms with Crippen LogP contribution in [-0.2, 0) is 9.59 Å². The lowest BCUT2D eigenvalue weighted by molar-refractivity contribution is -0.154. The Morgan fingerprint density at radius 3 is 2.61 bits per heavy atom. The van der Waals surface area contributed by atoms with Crippen molar-refractivity contribution >= 4 is 11.8 Å². The second-order valence-electron chi connectivity index (χ2n) is 5.25. The molecule has 0 radical (unpaired) electrons. The van der Waals surface area contributed by atoms with Crippen LogP contribution in [0.1, 0.15) is 40.0 Å². The molecule has 4 nitrogen and oxygen atoms in total. The average Bonchev–Trinajstić information content (AvgIpc) is 3.16. The van der Waals surface area contributed by atoms with Gasteiger partial charge in [0, 0.05) is 0 Å². The van der Waals surface area contributed by atoms with Crippen LogP contribution in [0.3, 0.4) is 0 Å². The van der Waals surface area contributed by atoms with Crippen LogP contribution in [0.4, 0.5) is 0 Å². The van der Waals surface area contributed by atoms with Crippen molar-refractivity contribution in [1.82, 2.24) is 10.2 Å². The molecule has 4 heteroatoms. The molecule has 1 heterocycles. The first-order chi connectivity index (χ1) is 8.54. The van der Waals surface area contributed by atoms with Gasteiger partial charge in [-0.1, -0.05) is 12.8 Å². The smallest absolute Gasteiger partial charge is 0.249 e. The molecular weight excluding hydrogens is 228 g/mol. The van der Waals surface area contributed by atoms with E-state index in [0.717, 1.165) is 12.8 Å². The van der Waals surface area contributed by atoms with Crippen molar-refractivity contribution in [2.45, 2.75) is 51.6 Å². The lowest BCUT2D eigenvalue weighted by Gasteiger charge is -2.43. The van der Waals surface area contributed by atoms with Crippen molar-refractivity contribution < 1.29 is 9.59 Å². The lowest BCUT2D eigenvalue weighted by atomic mass is 9.89. The molecule has 0 bridgehead atoms. The summed E-state index contributed by atoms with van der Waals surface area (Å²) in [7, 11) is 0. The summed E-state index contributed by atoms with van der Waals surface area (Å²) in [5, 5.41) is 2.93. The molecule has 1 N–H and O–H groups in total. The summed E-state index contributed by atoms with van der Waals surface area (Å²) in [6.07, 6.45) is 2.67. The van der Waals surface area contributed by atoms with Gasteiger partial charge in [0.1, 0.15) is 11.6 Å². The number of carbonyl (C=O) groups excluding carboxylic acids is 2. The molecule has 2 rings (SSSR count). The highest BCUT2D eigenvalue weighted by Crippen LogP contribution is 2.42. The van der Waals surface area contributed by atoms with E-state index in [9.17, 15) is 9.59 Å². The number of hydrogen-bond donors (Lipinski definition) is 1. The molecule has 2 atom stereocenters. The predicted molar refractivity (Wildman–Crippen MR) is 68.5 cm³/mol. The van der Waals surface area contributed by atoms with Crippen LogP contribution in [0.25, 0.3) is 0 Å². The van der Waals surface area contributed by atoms with Gasteiger partial charge < -0.3 is 10.2 Å². The zero-order valence-electron chi connectivity index (χ0n) is 11.2. The summed E-state index contributed by atoms with van der Waals surface area (Å²) in [4.78, 5) is 26.4. The fourth-order valence-electron chi connectivity index (χ4n) is 2.66. The maximum atomic E-state index is 12.6. The van der Waals surface area contributed by atoms with E-state index in [4.69, 9.17) is 0 Å². The van der Waals surface area contributed by atoms with Gasteiger partial charge in [-0.3, -0.25) is 9.59 Å². The van der Waals surface area contributed by atoms with E-state index in [1.807, 2.05) is 13.8 Å². The Morgan fingerprint density at radius 2 is 2.11 bits per heavy atom. The van der Waals surface area contributed by atoms with Gasteiger partial charge in [0.05, 0.1) is 6.54 Å². The summed E-state index contributed by atoms with van der Waals surface area (Å²) in [5.41, 5.74) is -0.710. The van der Waals surface area contributed by atoms with Gasteiger partial charge in [-0.05, 0) is 39.0 Å². The quantitative estimate of drug-likeness (QED) is 0.755. The highest BCUT2D eigenvalue weighted by Gasteiger charge is 2.54. The molecule has 0 aromatic rings. The van der Waals surface area contributed by atoms with Crippen LogP contribution in [0.15, 0.2) is 0 Å². The van der Waals surface area contributed by atoms with Crippen molar-refractivity contribution in [1.29, 1.82) is 0 Å². The summed E-state index contributed by atoms with van der Waals surface area (Å²) in [6.45, 7) is 5.87. The third-order valence-electron chi connectivity index (χ3n) is 3.97. The summed E-state index contributed by atoms with van der Waals surface area (Å²) in [5.74, 6) is 5.98. The zero-order chi connectivity index (χ0) is 13.3. The topological polar surface area (TPSA) is 49.4 Å². The molecule has 1 saturated carbocycles. The van der Waals surface area contributed by atoms with Crippen LogP contribution >= 0.6 is 0 Å². The first-order valence-corrected chi connectivity index (χ1v) is 6.57. The Morgan fingerprint density at radius 1 is 1.44 bits per heavy atom. The number of amides is 2. The molecule has 0 spiro atoms. The normalized spacial score (nSPS) is 31.7. The maximum Gasteiger partial charge on any atom is 0.249 e. The molecule has 1 saturated heterocycles. The first-order valence-electron chi connectivity index (χ1n) is 6.57. The lowest BCUT2D eigenvalue weighted by Crippen LogP contribution is -2.70. The van der Waals surface area contributed by atoms with Gasteiger partial charge in [0.2, 0.25) is 11.8 Å². The van der Waals surface area contributed by atoms with E-state index in [2.05, 4.69) is 17.2 Å². The fourth-order valence-corrected chi connectivity index (χ4v) is 2.66. The second kappa shape index (κ2) is 4.64. The molecular formula is C14H20N2O2. The maximum absolute atomic E-state index is 12.6. The first kappa shape index (κ1) is 12.9. The molecule has 0 aromatic carbocycles. The van der Waals surface area contributed by atoms with E-state index in [-0.39, 0.29) is 17.9 Å². The summed E-state index contributed by atoms with van der Waals surface area (Å²) >= 11 is 0. The van der Waals surface area contributed by atoms with E-state index < -0.39 is 5.54 Å². The molecule has 0 aromatic heterocycles. The van der Waals surface area contributed by atoms with Gasteiger partial charge in [-0.15, -0.1) is 5.92 Å². The highest BCUT2D eigenvalue weighted by molar-refractivity contribution is 6.00. The minimum atomic E-state index is -0.710. The van der Waals surface area contributed by atoms with Crippen molar-refractivity contribution in [2.75, 3.05) is 6.54 Å². The van der Waals surface area contributed by atoms with Crippen LogP contribution in [-0.4, -0.2) is 34.8 Å². The minimum Gasteiger partial charge on any atom is -0.340 e. The highest BCUT2D eigenvalue weighted by atomic mass is 16.2. The molecule has 18 heavy (non-hydrogen) atoms. The molecule has 2 unspecified atom stereocenters. The third-order valence-corrected chi connectivity index (χ3v) is 3.97. The molecule has 1 aliphatic heterocycles. The molecule has 98 valence electrons. The Balaban J connectivity index is 2.27. The van der Waals surface area contributed by atoms with Gasteiger partial charge in [0.25, 0.3) is 0 Å². The number of rotatable bonds is 3. The molecule has 1 aliphatic carbocycles.